The number of rotatable bonds is 6. The van der Waals surface area contributed by atoms with Crippen LogP contribution in [0.4, 0.5) is 0 Å². The van der Waals surface area contributed by atoms with E-state index in [2.05, 4.69) is 21.4 Å². The number of ether oxygens (including phenoxy) is 1. The Kier molecular flexibility index (Phi) is 6.18. The van der Waals surface area contributed by atoms with Crippen LogP contribution in [0.1, 0.15) is 25.3 Å². The summed E-state index contributed by atoms with van der Waals surface area (Å²) in [6, 6.07) is 7.91. The van der Waals surface area contributed by atoms with E-state index in [9.17, 15) is 4.79 Å². The van der Waals surface area contributed by atoms with Crippen molar-refractivity contribution in [1.82, 2.24) is 5.43 Å². The molecule has 0 saturated carbocycles. The summed E-state index contributed by atoms with van der Waals surface area (Å²) in [5, 5.41) is 0. The van der Waals surface area contributed by atoms with Gasteiger partial charge in [-0.1, -0.05) is 34.1 Å². The third-order valence-corrected chi connectivity index (χ3v) is 3.19. The molecule has 0 aliphatic heterocycles. The zero-order chi connectivity index (χ0) is 12.7. The molecule has 0 aromatic heterocycles. The molecule has 1 unspecified atom stereocenters. The lowest BCUT2D eigenvalue weighted by Crippen LogP contribution is -2.30. The Morgan fingerprint density at radius 2 is 2.24 bits per heavy atom. The lowest BCUT2D eigenvalue weighted by molar-refractivity contribution is -0.121. The number of hydrazine groups is 1. The van der Waals surface area contributed by atoms with E-state index in [0.717, 1.165) is 10.0 Å². The molecule has 0 saturated heterocycles. The van der Waals surface area contributed by atoms with Crippen molar-refractivity contribution in [3.05, 3.63) is 34.3 Å². The van der Waals surface area contributed by atoms with Crippen LogP contribution in [0.15, 0.2) is 28.7 Å². The monoisotopic (exact) mass is 300 g/mol. The van der Waals surface area contributed by atoms with Crippen LogP contribution in [0.3, 0.4) is 0 Å². The number of amides is 1. The van der Waals surface area contributed by atoms with Crippen LogP contribution >= 0.6 is 15.9 Å². The van der Waals surface area contributed by atoms with E-state index < -0.39 is 0 Å². The molecule has 1 aromatic carbocycles. The molecular weight excluding hydrogens is 284 g/mol. The number of benzene rings is 1. The standard InChI is InChI=1S/C12H17BrN2O2/c1-9(6-7-12(16)15-14)17-8-10-4-2-3-5-11(10)13/h2-5,9H,6-8,14H2,1H3,(H,15,16). The number of hydrogen-bond donors (Lipinski definition) is 2. The number of carbonyl (C=O) groups excluding carboxylic acids is 1. The number of nitrogens with one attached hydrogen (secondary N) is 1. The lowest BCUT2D eigenvalue weighted by atomic mass is 10.2. The first-order valence-electron chi connectivity index (χ1n) is 5.48. The van der Waals surface area contributed by atoms with E-state index in [4.69, 9.17) is 10.6 Å². The summed E-state index contributed by atoms with van der Waals surface area (Å²) in [5.74, 6) is 4.83. The smallest absolute Gasteiger partial charge is 0.233 e. The average Bonchev–Trinajstić information content (AvgIpc) is 2.35. The van der Waals surface area contributed by atoms with Crippen LogP contribution in [0, 0.1) is 0 Å². The van der Waals surface area contributed by atoms with E-state index in [-0.39, 0.29) is 12.0 Å². The van der Waals surface area contributed by atoms with Crippen LogP contribution in [0.5, 0.6) is 0 Å². The van der Waals surface area contributed by atoms with Crippen LogP contribution < -0.4 is 11.3 Å². The summed E-state index contributed by atoms with van der Waals surface area (Å²) in [7, 11) is 0. The van der Waals surface area contributed by atoms with Gasteiger partial charge >= 0.3 is 0 Å². The molecule has 0 aliphatic rings. The summed E-state index contributed by atoms with van der Waals surface area (Å²) >= 11 is 3.46. The molecule has 0 radical (unpaired) electrons. The minimum atomic E-state index is -0.165. The second kappa shape index (κ2) is 7.42. The maximum absolute atomic E-state index is 10.9. The fraction of sp³-hybridized carbons (Fsp3) is 0.417. The molecule has 1 amide bonds. The largest absolute Gasteiger partial charge is 0.374 e. The van der Waals surface area contributed by atoms with Gasteiger partial charge in [0.1, 0.15) is 0 Å². The normalized spacial score (nSPS) is 12.2. The van der Waals surface area contributed by atoms with Gasteiger partial charge in [0, 0.05) is 10.9 Å². The highest BCUT2D eigenvalue weighted by Gasteiger charge is 2.07. The Morgan fingerprint density at radius 1 is 1.53 bits per heavy atom. The van der Waals surface area contributed by atoms with Crippen LogP contribution in [-0.4, -0.2) is 12.0 Å². The first-order chi connectivity index (χ1) is 8.13. The molecule has 0 aliphatic carbocycles. The molecule has 3 N–H and O–H groups in total. The highest BCUT2D eigenvalue weighted by Crippen LogP contribution is 2.17. The maximum Gasteiger partial charge on any atom is 0.233 e. The van der Waals surface area contributed by atoms with E-state index in [0.29, 0.717) is 19.4 Å². The van der Waals surface area contributed by atoms with Crippen molar-refractivity contribution in [2.75, 3.05) is 0 Å². The van der Waals surface area contributed by atoms with Crippen molar-refractivity contribution in [3.8, 4) is 0 Å². The van der Waals surface area contributed by atoms with Gasteiger partial charge in [-0.05, 0) is 25.0 Å². The fourth-order valence-corrected chi connectivity index (χ4v) is 1.74. The third-order valence-electron chi connectivity index (χ3n) is 2.42. The number of carbonyl (C=O) groups is 1. The van der Waals surface area contributed by atoms with Gasteiger partial charge in [-0.15, -0.1) is 0 Å². The molecule has 1 atom stereocenters. The minimum absolute atomic E-state index is 0.0272. The zero-order valence-corrected chi connectivity index (χ0v) is 11.4. The highest BCUT2D eigenvalue weighted by atomic mass is 79.9. The third kappa shape index (κ3) is 5.30. The van der Waals surface area contributed by atoms with Crippen molar-refractivity contribution >= 4 is 21.8 Å². The second-order valence-corrected chi connectivity index (χ2v) is 4.67. The van der Waals surface area contributed by atoms with Crippen LogP contribution in [0.25, 0.3) is 0 Å². The molecule has 0 fully saturated rings. The van der Waals surface area contributed by atoms with Crippen LogP contribution in [0.2, 0.25) is 0 Å². The molecule has 1 rings (SSSR count). The summed E-state index contributed by atoms with van der Waals surface area (Å²) in [4.78, 5) is 10.9. The number of nitrogens with two attached hydrogens (primary N) is 1. The molecule has 0 heterocycles. The molecule has 17 heavy (non-hydrogen) atoms. The molecule has 1 aromatic rings. The van der Waals surface area contributed by atoms with Gasteiger partial charge in [0.05, 0.1) is 12.7 Å². The fourth-order valence-electron chi connectivity index (χ4n) is 1.34. The Bertz CT molecular complexity index is 371. The lowest BCUT2D eigenvalue weighted by Gasteiger charge is -2.13. The number of hydrogen-bond acceptors (Lipinski definition) is 3. The van der Waals surface area contributed by atoms with Crippen molar-refractivity contribution < 1.29 is 9.53 Å². The Labute approximate surface area is 110 Å². The van der Waals surface area contributed by atoms with E-state index >= 15 is 0 Å². The molecule has 5 heteroatoms. The summed E-state index contributed by atoms with van der Waals surface area (Å²) < 4.78 is 6.69. The predicted molar refractivity (Wildman–Crippen MR) is 70.0 cm³/mol. The van der Waals surface area contributed by atoms with Gasteiger partial charge < -0.3 is 4.74 Å². The highest BCUT2D eigenvalue weighted by molar-refractivity contribution is 9.10. The molecule has 94 valence electrons. The Morgan fingerprint density at radius 3 is 2.88 bits per heavy atom. The van der Waals surface area contributed by atoms with Crippen molar-refractivity contribution in [3.63, 3.8) is 0 Å². The zero-order valence-electron chi connectivity index (χ0n) is 9.78. The molecule has 0 bridgehead atoms. The summed E-state index contributed by atoms with van der Waals surface area (Å²) in [6.45, 7) is 2.48. The Hall–Kier alpha value is -0.910. The first kappa shape index (κ1) is 14.2. The van der Waals surface area contributed by atoms with E-state index in [1.54, 1.807) is 0 Å². The predicted octanol–water partition coefficient (Wildman–Crippen LogP) is 2.12. The Balaban J connectivity index is 2.31. The number of halogens is 1. The van der Waals surface area contributed by atoms with Crippen molar-refractivity contribution in [2.45, 2.75) is 32.5 Å². The topological polar surface area (TPSA) is 64.4 Å². The van der Waals surface area contributed by atoms with Crippen molar-refractivity contribution in [1.29, 1.82) is 0 Å². The van der Waals surface area contributed by atoms with Gasteiger partial charge in [0.25, 0.3) is 0 Å². The van der Waals surface area contributed by atoms with Gasteiger partial charge in [-0.3, -0.25) is 10.2 Å². The minimum Gasteiger partial charge on any atom is -0.374 e. The van der Waals surface area contributed by atoms with Crippen molar-refractivity contribution in [2.24, 2.45) is 5.84 Å². The van der Waals surface area contributed by atoms with Gasteiger partial charge in [0.2, 0.25) is 5.91 Å². The van der Waals surface area contributed by atoms with Gasteiger partial charge in [0.15, 0.2) is 0 Å². The molecule has 4 nitrogen and oxygen atoms in total. The molecular formula is C12H17BrN2O2. The average molecular weight is 301 g/mol. The molecule has 0 spiro atoms. The van der Waals surface area contributed by atoms with Gasteiger partial charge in [-0.25, -0.2) is 5.84 Å². The van der Waals surface area contributed by atoms with Crippen LogP contribution in [-0.2, 0) is 16.1 Å². The summed E-state index contributed by atoms with van der Waals surface area (Å²) in [6.07, 6.45) is 1.07. The second-order valence-electron chi connectivity index (χ2n) is 3.82. The summed E-state index contributed by atoms with van der Waals surface area (Å²) in [5.41, 5.74) is 3.20. The van der Waals surface area contributed by atoms with Gasteiger partial charge in [-0.2, -0.15) is 0 Å². The first-order valence-corrected chi connectivity index (χ1v) is 6.27. The van der Waals surface area contributed by atoms with E-state index in [1.165, 1.54) is 0 Å². The van der Waals surface area contributed by atoms with E-state index in [1.807, 2.05) is 31.2 Å². The maximum atomic E-state index is 10.9. The SMILES string of the molecule is CC(CCC(=O)NN)OCc1ccccc1Br. The quantitative estimate of drug-likeness (QED) is 0.480.